The maximum Gasteiger partial charge on any atom is 0.0705 e. The number of benzene rings is 1. The number of fused-ring (bicyclic) bond motifs is 1. The number of para-hydroxylation sites is 1. The third-order valence-electron chi connectivity index (χ3n) is 3.99. The summed E-state index contributed by atoms with van der Waals surface area (Å²) in [5.41, 5.74) is 2.24. The second kappa shape index (κ2) is 5.68. The standard InChI is InChI=1S/C16H20N2O/c1-17-16(13-8-9-19-11-13)10-14-7-6-12-4-2-3-5-15(12)18-14/h2-7,13,16-17H,8-11H2,1H3. The average molecular weight is 256 g/mol. The topological polar surface area (TPSA) is 34.2 Å². The van der Waals surface area contributed by atoms with E-state index in [0.29, 0.717) is 12.0 Å². The summed E-state index contributed by atoms with van der Waals surface area (Å²) in [5.74, 6) is 0.610. The van der Waals surface area contributed by atoms with Gasteiger partial charge in [0.25, 0.3) is 0 Å². The van der Waals surface area contributed by atoms with Crippen molar-refractivity contribution in [1.29, 1.82) is 0 Å². The number of hydrogen-bond acceptors (Lipinski definition) is 3. The molecule has 100 valence electrons. The summed E-state index contributed by atoms with van der Waals surface area (Å²) in [6.45, 7) is 1.77. The molecule has 2 atom stereocenters. The van der Waals surface area contributed by atoms with Gasteiger partial charge in [0.15, 0.2) is 0 Å². The fourth-order valence-electron chi connectivity index (χ4n) is 2.82. The monoisotopic (exact) mass is 256 g/mol. The van der Waals surface area contributed by atoms with Crippen LogP contribution in [0.4, 0.5) is 0 Å². The first-order valence-electron chi connectivity index (χ1n) is 6.96. The van der Waals surface area contributed by atoms with Gasteiger partial charge in [0.1, 0.15) is 0 Å². The molecule has 0 saturated carbocycles. The summed E-state index contributed by atoms with van der Waals surface area (Å²) in [6, 6.07) is 13.0. The fraction of sp³-hybridized carbons (Fsp3) is 0.438. The molecule has 1 aliphatic rings. The van der Waals surface area contributed by atoms with Crippen molar-refractivity contribution in [3.63, 3.8) is 0 Å². The molecule has 2 unspecified atom stereocenters. The van der Waals surface area contributed by atoms with E-state index >= 15 is 0 Å². The van der Waals surface area contributed by atoms with Crippen molar-refractivity contribution in [3.05, 3.63) is 42.1 Å². The highest BCUT2D eigenvalue weighted by Crippen LogP contribution is 2.20. The minimum absolute atomic E-state index is 0.455. The number of nitrogens with one attached hydrogen (secondary N) is 1. The Morgan fingerprint density at radius 2 is 2.21 bits per heavy atom. The number of ether oxygens (including phenoxy) is 1. The number of pyridine rings is 1. The summed E-state index contributed by atoms with van der Waals surface area (Å²) in [6.07, 6.45) is 2.12. The fourth-order valence-corrected chi connectivity index (χ4v) is 2.82. The lowest BCUT2D eigenvalue weighted by Gasteiger charge is -2.21. The molecule has 1 N–H and O–H groups in total. The molecule has 0 bridgehead atoms. The molecule has 19 heavy (non-hydrogen) atoms. The molecular weight excluding hydrogens is 236 g/mol. The zero-order valence-electron chi connectivity index (χ0n) is 11.3. The first-order chi connectivity index (χ1) is 9.36. The molecule has 0 radical (unpaired) electrons. The molecule has 0 aliphatic carbocycles. The third-order valence-corrected chi connectivity index (χ3v) is 3.99. The van der Waals surface area contributed by atoms with Crippen LogP contribution in [-0.4, -0.2) is 31.3 Å². The number of hydrogen-bond donors (Lipinski definition) is 1. The van der Waals surface area contributed by atoms with Gasteiger partial charge in [-0.05, 0) is 25.6 Å². The number of rotatable bonds is 4. The van der Waals surface area contributed by atoms with Gasteiger partial charge < -0.3 is 10.1 Å². The van der Waals surface area contributed by atoms with E-state index in [1.54, 1.807) is 0 Å². The Labute approximate surface area is 114 Å². The second-order valence-corrected chi connectivity index (χ2v) is 5.22. The molecule has 0 amide bonds. The Balaban J connectivity index is 1.79. The van der Waals surface area contributed by atoms with Gasteiger partial charge in [-0.25, -0.2) is 0 Å². The molecule has 2 aromatic rings. The predicted octanol–water partition coefficient (Wildman–Crippen LogP) is 2.40. The SMILES string of the molecule is CNC(Cc1ccc2ccccc2n1)C1CCOC1. The van der Waals surface area contributed by atoms with Crippen molar-refractivity contribution in [2.75, 3.05) is 20.3 Å². The van der Waals surface area contributed by atoms with Crippen LogP contribution < -0.4 is 5.32 Å². The number of aromatic nitrogens is 1. The highest BCUT2D eigenvalue weighted by atomic mass is 16.5. The Morgan fingerprint density at radius 1 is 1.32 bits per heavy atom. The van der Waals surface area contributed by atoms with Gasteiger partial charge in [-0.2, -0.15) is 0 Å². The summed E-state index contributed by atoms with van der Waals surface area (Å²) in [5, 5.41) is 4.63. The summed E-state index contributed by atoms with van der Waals surface area (Å²) in [4.78, 5) is 4.75. The van der Waals surface area contributed by atoms with Crippen LogP contribution in [0.2, 0.25) is 0 Å². The van der Waals surface area contributed by atoms with E-state index in [1.807, 2.05) is 13.1 Å². The molecule has 1 aliphatic heterocycles. The van der Waals surface area contributed by atoms with Crippen molar-refractivity contribution < 1.29 is 4.74 Å². The second-order valence-electron chi connectivity index (χ2n) is 5.22. The number of nitrogens with zero attached hydrogens (tertiary/aromatic N) is 1. The smallest absolute Gasteiger partial charge is 0.0705 e. The third kappa shape index (κ3) is 2.77. The lowest BCUT2D eigenvalue weighted by molar-refractivity contribution is 0.177. The Bertz CT molecular complexity index is 549. The van der Waals surface area contributed by atoms with Crippen LogP contribution in [0, 0.1) is 5.92 Å². The largest absolute Gasteiger partial charge is 0.381 e. The molecule has 1 aromatic carbocycles. The van der Waals surface area contributed by atoms with E-state index in [2.05, 4.69) is 35.6 Å². The molecule has 2 heterocycles. The van der Waals surface area contributed by atoms with Gasteiger partial charge in [-0.15, -0.1) is 0 Å². The van der Waals surface area contributed by atoms with E-state index in [-0.39, 0.29) is 0 Å². The highest BCUT2D eigenvalue weighted by molar-refractivity contribution is 5.78. The zero-order chi connectivity index (χ0) is 13.1. The van der Waals surface area contributed by atoms with Gasteiger partial charge >= 0.3 is 0 Å². The van der Waals surface area contributed by atoms with Crippen LogP contribution >= 0.6 is 0 Å². The Hall–Kier alpha value is -1.45. The molecule has 1 fully saturated rings. The van der Waals surface area contributed by atoms with Crippen LogP contribution in [0.25, 0.3) is 10.9 Å². The van der Waals surface area contributed by atoms with Crippen LogP contribution in [0.3, 0.4) is 0 Å². The lowest BCUT2D eigenvalue weighted by atomic mass is 9.94. The van der Waals surface area contributed by atoms with E-state index in [0.717, 1.165) is 37.3 Å². The van der Waals surface area contributed by atoms with Crippen molar-refractivity contribution in [2.45, 2.75) is 18.9 Å². The van der Waals surface area contributed by atoms with Gasteiger partial charge in [0, 0.05) is 36.1 Å². The Morgan fingerprint density at radius 3 is 3.00 bits per heavy atom. The molecule has 3 nitrogen and oxygen atoms in total. The first-order valence-corrected chi connectivity index (χ1v) is 6.96. The minimum Gasteiger partial charge on any atom is -0.381 e. The minimum atomic E-state index is 0.455. The van der Waals surface area contributed by atoms with Gasteiger partial charge in [-0.3, -0.25) is 4.98 Å². The summed E-state index contributed by atoms with van der Waals surface area (Å²) < 4.78 is 5.49. The zero-order valence-corrected chi connectivity index (χ0v) is 11.3. The first kappa shape index (κ1) is 12.6. The lowest BCUT2D eigenvalue weighted by Crippen LogP contribution is -2.36. The number of likely N-dealkylation sites (N-methyl/N-ethyl adjacent to an activating group) is 1. The average Bonchev–Trinajstić information content (AvgIpc) is 2.98. The molecule has 3 rings (SSSR count). The molecule has 1 aromatic heterocycles. The van der Waals surface area contributed by atoms with Crippen LogP contribution in [0.1, 0.15) is 12.1 Å². The van der Waals surface area contributed by atoms with Crippen molar-refractivity contribution in [1.82, 2.24) is 10.3 Å². The molecule has 3 heteroatoms. The van der Waals surface area contributed by atoms with E-state index < -0.39 is 0 Å². The molecule has 1 saturated heterocycles. The van der Waals surface area contributed by atoms with Crippen molar-refractivity contribution in [2.24, 2.45) is 5.92 Å². The molecular formula is C16H20N2O. The van der Waals surface area contributed by atoms with Gasteiger partial charge in [0.05, 0.1) is 12.1 Å². The van der Waals surface area contributed by atoms with E-state index in [9.17, 15) is 0 Å². The Kier molecular flexibility index (Phi) is 3.76. The van der Waals surface area contributed by atoms with Crippen LogP contribution in [-0.2, 0) is 11.2 Å². The van der Waals surface area contributed by atoms with Crippen LogP contribution in [0.5, 0.6) is 0 Å². The molecule has 0 spiro atoms. The normalized spacial score (nSPS) is 20.8. The maximum absolute atomic E-state index is 5.49. The van der Waals surface area contributed by atoms with Gasteiger partial charge in [-0.1, -0.05) is 24.3 Å². The van der Waals surface area contributed by atoms with Crippen molar-refractivity contribution >= 4 is 10.9 Å². The summed E-state index contributed by atoms with van der Waals surface area (Å²) in [7, 11) is 2.03. The maximum atomic E-state index is 5.49. The predicted molar refractivity (Wildman–Crippen MR) is 77.2 cm³/mol. The van der Waals surface area contributed by atoms with Gasteiger partial charge in [0.2, 0.25) is 0 Å². The van der Waals surface area contributed by atoms with Crippen LogP contribution in [0.15, 0.2) is 36.4 Å². The summed E-state index contributed by atoms with van der Waals surface area (Å²) >= 11 is 0. The highest BCUT2D eigenvalue weighted by Gasteiger charge is 2.24. The quantitative estimate of drug-likeness (QED) is 0.912. The van der Waals surface area contributed by atoms with E-state index in [4.69, 9.17) is 9.72 Å². The van der Waals surface area contributed by atoms with Crippen molar-refractivity contribution in [3.8, 4) is 0 Å². The van der Waals surface area contributed by atoms with E-state index in [1.165, 1.54) is 5.39 Å².